The van der Waals surface area contributed by atoms with Crippen molar-refractivity contribution < 1.29 is 5.11 Å². The quantitative estimate of drug-likeness (QED) is 0.667. The van der Waals surface area contributed by atoms with Gasteiger partial charge in [0.1, 0.15) is 0 Å². The van der Waals surface area contributed by atoms with E-state index in [0.29, 0.717) is 18.7 Å². The first-order chi connectivity index (χ1) is 9.72. The molecule has 110 valence electrons. The zero-order chi connectivity index (χ0) is 14.2. The van der Waals surface area contributed by atoms with Crippen molar-refractivity contribution in [3.8, 4) is 0 Å². The summed E-state index contributed by atoms with van der Waals surface area (Å²) in [5.41, 5.74) is 1.31. The average Bonchev–Trinajstić information content (AvgIpc) is 3.03. The van der Waals surface area contributed by atoms with Crippen molar-refractivity contribution in [2.75, 3.05) is 12.9 Å². The van der Waals surface area contributed by atoms with Gasteiger partial charge in [-0.15, -0.1) is 0 Å². The number of nitrogens with zero attached hydrogens (tertiary/aromatic N) is 3. The van der Waals surface area contributed by atoms with Gasteiger partial charge in [-0.25, -0.2) is 9.97 Å². The standard InChI is InChI=1S/C15H23N3OS/c1-3-15(10-19)6-12-4-5-13(15)18(12)9-11-7-16-14(20-2)17-8-11/h7-8,12-13,19H,3-6,9-10H2,1-2H3/t12-,13+,15-/m0/s1. The van der Waals surface area contributed by atoms with Crippen LogP contribution in [0.25, 0.3) is 0 Å². The van der Waals surface area contributed by atoms with Crippen LogP contribution in [0.4, 0.5) is 0 Å². The van der Waals surface area contributed by atoms with E-state index >= 15 is 0 Å². The zero-order valence-electron chi connectivity index (χ0n) is 12.2. The maximum atomic E-state index is 9.84. The molecule has 0 aromatic carbocycles. The molecule has 0 spiro atoms. The van der Waals surface area contributed by atoms with Crippen molar-refractivity contribution in [2.45, 2.75) is 56.4 Å². The molecular weight excluding hydrogens is 270 g/mol. The fraction of sp³-hybridized carbons (Fsp3) is 0.733. The Bertz CT molecular complexity index is 461. The van der Waals surface area contributed by atoms with Crippen LogP contribution in [0.1, 0.15) is 38.2 Å². The van der Waals surface area contributed by atoms with Gasteiger partial charge in [0, 0.05) is 42.0 Å². The van der Waals surface area contributed by atoms with Crippen LogP contribution in [-0.4, -0.2) is 44.9 Å². The van der Waals surface area contributed by atoms with Gasteiger partial charge in [-0.1, -0.05) is 18.7 Å². The van der Waals surface area contributed by atoms with Gasteiger partial charge >= 0.3 is 0 Å². The van der Waals surface area contributed by atoms with Gasteiger partial charge in [0.2, 0.25) is 0 Å². The second-order valence-electron chi connectivity index (χ2n) is 6.08. The molecule has 5 heteroatoms. The van der Waals surface area contributed by atoms with E-state index in [0.717, 1.165) is 24.5 Å². The minimum Gasteiger partial charge on any atom is -0.396 e. The SMILES string of the molecule is CC[C@@]1(CO)C[C@@H]2CC[C@H]1N2Cc1cnc(SC)nc1. The van der Waals surface area contributed by atoms with Crippen LogP contribution in [0.2, 0.25) is 0 Å². The molecule has 1 N–H and O–H groups in total. The largest absolute Gasteiger partial charge is 0.396 e. The Morgan fingerprint density at radius 2 is 2.15 bits per heavy atom. The van der Waals surface area contributed by atoms with Gasteiger partial charge in [0.05, 0.1) is 6.61 Å². The summed E-state index contributed by atoms with van der Waals surface area (Å²) in [6, 6.07) is 1.16. The molecule has 3 atom stereocenters. The predicted octanol–water partition coefficient (Wildman–Crippen LogP) is 2.32. The van der Waals surface area contributed by atoms with Crippen molar-refractivity contribution >= 4 is 11.8 Å². The summed E-state index contributed by atoms with van der Waals surface area (Å²) < 4.78 is 0. The lowest BCUT2D eigenvalue weighted by Gasteiger charge is -2.35. The highest BCUT2D eigenvalue weighted by Crippen LogP contribution is 2.51. The van der Waals surface area contributed by atoms with Crippen LogP contribution in [0.15, 0.2) is 17.6 Å². The van der Waals surface area contributed by atoms with E-state index in [1.54, 1.807) is 11.8 Å². The summed E-state index contributed by atoms with van der Waals surface area (Å²) in [7, 11) is 0. The lowest BCUT2D eigenvalue weighted by molar-refractivity contribution is 0.0713. The molecule has 0 amide bonds. The second-order valence-corrected chi connectivity index (χ2v) is 6.85. The molecule has 3 heterocycles. The van der Waals surface area contributed by atoms with E-state index in [2.05, 4.69) is 21.8 Å². The highest BCUT2D eigenvalue weighted by molar-refractivity contribution is 7.98. The lowest BCUT2D eigenvalue weighted by atomic mass is 9.72. The van der Waals surface area contributed by atoms with Crippen molar-refractivity contribution in [1.29, 1.82) is 0 Å². The molecule has 0 aliphatic carbocycles. The van der Waals surface area contributed by atoms with Gasteiger partial charge < -0.3 is 5.11 Å². The van der Waals surface area contributed by atoms with Gasteiger partial charge in [-0.3, -0.25) is 4.90 Å². The molecule has 4 nitrogen and oxygen atoms in total. The van der Waals surface area contributed by atoms with Crippen LogP contribution < -0.4 is 0 Å². The Morgan fingerprint density at radius 3 is 2.70 bits per heavy atom. The maximum Gasteiger partial charge on any atom is 0.187 e. The lowest BCUT2D eigenvalue weighted by Crippen LogP contribution is -2.39. The van der Waals surface area contributed by atoms with Crippen LogP contribution >= 0.6 is 11.8 Å². The van der Waals surface area contributed by atoms with E-state index in [-0.39, 0.29) is 5.41 Å². The van der Waals surface area contributed by atoms with Crippen LogP contribution in [0, 0.1) is 5.41 Å². The van der Waals surface area contributed by atoms with Crippen molar-refractivity contribution in [1.82, 2.24) is 14.9 Å². The van der Waals surface area contributed by atoms with Gasteiger partial charge in [0.15, 0.2) is 5.16 Å². The molecule has 0 unspecified atom stereocenters. The Hall–Kier alpha value is -0.650. The smallest absolute Gasteiger partial charge is 0.187 e. The third-order valence-corrected chi connectivity index (χ3v) is 5.82. The number of hydrogen-bond acceptors (Lipinski definition) is 5. The molecular formula is C15H23N3OS. The van der Waals surface area contributed by atoms with Crippen LogP contribution in [0.3, 0.4) is 0 Å². The molecule has 0 saturated carbocycles. The first-order valence-electron chi connectivity index (χ1n) is 7.44. The van der Waals surface area contributed by atoms with E-state index in [1.807, 2.05) is 18.6 Å². The number of aliphatic hydroxyl groups excluding tert-OH is 1. The summed E-state index contributed by atoms with van der Waals surface area (Å²) in [4.78, 5) is 11.3. The molecule has 2 saturated heterocycles. The molecule has 2 bridgehead atoms. The number of thioether (sulfide) groups is 1. The monoisotopic (exact) mass is 293 g/mol. The minimum absolute atomic E-state index is 0.128. The number of fused-ring (bicyclic) bond motifs is 2. The summed E-state index contributed by atoms with van der Waals surface area (Å²) in [6.45, 7) is 3.46. The van der Waals surface area contributed by atoms with E-state index in [9.17, 15) is 5.11 Å². The highest BCUT2D eigenvalue weighted by Gasteiger charge is 2.54. The Morgan fingerprint density at radius 1 is 1.40 bits per heavy atom. The highest BCUT2D eigenvalue weighted by atomic mass is 32.2. The molecule has 1 aromatic rings. The normalized spacial score (nSPS) is 33.0. The first kappa shape index (κ1) is 14.3. The average molecular weight is 293 g/mol. The zero-order valence-corrected chi connectivity index (χ0v) is 13.1. The Balaban J connectivity index is 1.75. The third kappa shape index (κ3) is 2.26. The Labute approximate surface area is 125 Å². The first-order valence-corrected chi connectivity index (χ1v) is 8.66. The van der Waals surface area contributed by atoms with Gasteiger partial charge in [-0.2, -0.15) is 0 Å². The van der Waals surface area contributed by atoms with E-state index < -0.39 is 0 Å². The number of rotatable bonds is 5. The van der Waals surface area contributed by atoms with Gasteiger partial charge in [-0.05, 0) is 31.9 Å². The molecule has 2 aliphatic heterocycles. The number of hydrogen-bond donors (Lipinski definition) is 1. The maximum absolute atomic E-state index is 9.84. The summed E-state index contributed by atoms with van der Waals surface area (Å²) >= 11 is 1.57. The number of aromatic nitrogens is 2. The van der Waals surface area contributed by atoms with E-state index in [1.165, 1.54) is 18.4 Å². The summed E-state index contributed by atoms with van der Waals surface area (Å²) in [5, 5.41) is 10.7. The van der Waals surface area contributed by atoms with Crippen LogP contribution in [-0.2, 0) is 6.54 Å². The summed E-state index contributed by atoms with van der Waals surface area (Å²) in [6.07, 6.45) is 10.6. The molecule has 0 radical (unpaired) electrons. The molecule has 2 fully saturated rings. The van der Waals surface area contributed by atoms with Crippen molar-refractivity contribution in [2.24, 2.45) is 5.41 Å². The van der Waals surface area contributed by atoms with Crippen molar-refractivity contribution in [3.05, 3.63) is 18.0 Å². The summed E-state index contributed by atoms with van der Waals surface area (Å²) in [5.74, 6) is 0. The molecule has 2 aliphatic rings. The fourth-order valence-electron chi connectivity index (χ4n) is 4.06. The second kappa shape index (κ2) is 5.62. The van der Waals surface area contributed by atoms with Crippen molar-refractivity contribution in [3.63, 3.8) is 0 Å². The Kier molecular flexibility index (Phi) is 4.02. The fourth-order valence-corrected chi connectivity index (χ4v) is 4.38. The topological polar surface area (TPSA) is 49.2 Å². The van der Waals surface area contributed by atoms with Crippen LogP contribution in [0.5, 0.6) is 0 Å². The minimum atomic E-state index is 0.128. The molecule has 20 heavy (non-hydrogen) atoms. The molecule has 3 rings (SSSR count). The molecule has 1 aromatic heterocycles. The third-order valence-electron chi connectivity index (χ3n) is 5.24. The van der Waals surface area contributed by atoms with E-state index in [4.69, 9.17) is 0 Å². The predicted molar refractivity (Wildman–Crippen MR) is 80.6 cm³/mol. The van der Waals surface area contributed by atoms with Gasteiger partial charge in [0.25, 0.3) is 0 Å². The number of aliphatic hydroxyl groups is 1.